The number of benzene rings is 2. The van der Waals surface area contributed by atoms with Gasteiger partial charge in [0.2, 0.25) is 0 Å². The van der Waals surface area contributed by atoms with Crippen LogP contribution < -0.4 is 5.32 Å². The third-order valence-corrected chi connectivity index (χ3v) is 3.38. The summed E-state index contributed by atoms with van der Waals surface area (Å²) in [7, 11) is 0. The van der Waals surface area contributed by atoms with Gasteiger partial charge in [0, 0.05) is 12.4 Å². The van der Waals surface area contributed by atoms with Crippen molar-refractivity contribution in [3.8, 4) is 5.69 Å². The molecule has 2 aromatic carbocycles. The molecule has 24 heavy (non-hydrogen) atoms. The van der Waals surface area contributed by atoms with Gasteiger partial charge in [0.05, 0.1) is 22.5 Å². The summed E-state index contributed by atoms with van der Waals surface area (Å²) in [4.78, 5) is 12.4. The van der Waals surface area contributed by atoms with Gasteiger partial charge in [-0.2, -0.15) is 18.3 Å². The van der Waals surface area contributed by atoms with E-state index in [0.717, 1.165) is 12.1 Å². The number of amides is 1. The molecule has 1 amide bonds. The Morgan fingerprint density at radius 1 is 1.00 bits per heavy atom. The Hall–Kier alpha value is -3.09. The van der Waals surface area contributed by atoms with Gasteiger partial charge in [-0.15, -0.1) is 0 Å². The number of para-hydroxylation sites is 2. The van der Waals surface area contributed by atoms with Gasteiger partial charge < -0.3 is 5.32 Å². The fourth-order valence-corrected chi connectivity index (χ4v) is 2.31. The van der Waals surface area contributed by atoms with Gasteiger partial charge in [-0.05, 0) is 30.3 Å². The van der Waals surface area contributed by atoms with E-state index in [0.29, 0.717) is 11.4 Å². The highest BCUT2D eigenvalue weighted by atomic mass is 19.4. The molecule has 0 aliphatic rings. The summed E-state index contributed by atoms with van der Waals surface area (Å²) in [5, 5.41) is 6.60. The van der Waals surface area contributed by atoms with E-state index >= 15 is 0 Å². The van der Waals surface area contributed by atoms with Gasteiger partial charge in [-0.3, -0.25) is 4.79 Å². The second-order valence-corrected chi connectivity index (χ2v) is 4.97. The van der Waals surface area contributed by atoms with Crippen molar-refractivity contribution in [1.82, 2.24) is 9.78 Å². The maximum Gasteiger partial charge on any atom is 0.417 e. The second kappa shape index (κ2) is 6.19. The highest BCUT2D eigenvalue weighted by Gasteiger charge is 2.34. The van der Waals surface area contributed by atoms with Crippen molar-refractivity contribution in [3.63, 3.8) is 0 Å². The third-order valence-electron chi connectivity index (χ3n) is 3.38. The molecule has 0 aliphatic carbocycles. The maximum absolute atomic E-state index is 13.1. The molecular weight excluding hydrogens is 319 g/mol. The summed E-state index contributed by atoms with van der Waals surface area (Å²) < 4.78 is 40.7. The van der Waals surface area contributed by atoms with E-state index in [1.54, 1.807) is 42.7 Å². The number of nitrogens with zero attached hydrogens (tertiary/aromatic N) is 2. The Balaban J connectivity index is 1.95. The van der Waals surface area contributed by atoms with Gasteiger partial charge >= 0.3 is 6.18 Å². The summed E-state index contributed by atoms with van der Waals surface area (Å²) in [6.07, 6.45) is -1.36. The molecule has 1 heterocycles. The summed E-state index contributed by atoms with van der Waals surface area (Å²) in [6.45, 7) is 0. The number of halogens is 3. The molecule has 0 saturated carbocycles. The van der Waals surface area contributed by atoms with Crippen LogP contribution >= 0.6 is 0 Å². The minimum absolute atomic E-state index is 0.364. The van der Waals surface area contributed by atoms with Crippen LogP contribution in [0.5, 0.6) is 0 Å². The highest BCUT2D eigenvalue weighted by Crippen LogP contribution is 2.32. The molecular formula is C17H12F3N3O. The minimum atomic E-state index is -4.60. The van der Waals surface area contributed by atoms with E-state index in [9.17, 15) is 18.0 Å². The number of aromatic nitrogens is 2. The van der Waals surface area contributed by atoms with E-state index < -0.39 is 23.2 Å². The lowest BCUT2D eigenvalue weighted by Crippen LogP contribution is -2.19. The van der Waals surface area contributed by atoms with Gasteiger partial charge in [-0.25, -0.2) is 4.68 Å². The molecule has 122 valence electrons. The van der Waals surface area contributed by atoms with Crippen LogP contribution in [0.15, 0.2) is 67.0 Å². The fraction of sp³-hybridized carbons (Fsp3) is 0.0588. The van der Waals surface area contributed by atoms with Crippen LogP contribution in [0.3, 0.4) is 0 Å². The van der Waals surface area contributed by atoms with Crippen LogP contribution in [0.4, 0.5) is 18.9 Å². The topological polar surface area (TPSA) is 46.9 Å². The van der Waals surface area contributed by atoms with Gasteiger partial charge in [0.25, 0.3) is 5.91 Å². The van der Waals surface area contributed by atoms with Crippen molar-refractivity contribution < 1.29 is 18.0 Å². The number of nitrogens with one attached hydrogen (secondary N) is 1. The summed E-state index contributed by atoms with van der Waals surface area (Å²) in [5.41, 5.74) is -0.483. The average Bonchev–Trinajstić information content (AvgIpc) is 3.09. The van der Waals surface area contributed by atoms with Gasteiger partial charge in [-0.1, -0.05) is 24.3 Å². The molecule has 1 aromatic heterocycles. The van der Waals surface area contributed by atoms with Crippen LogP contribution in [0.2, 0.25) is 0 Å². The molecule has 0 saturated heterocycles. The number of alkyl halides is 3. The maximum atomic E-state index is 13.1. The lowest BCUT2D eigenvalue weighted by Gasteiger charge is -2.14. The minimum Gasteiger partial charge on any atom is -0.320 e. The van der Waals surface area contributed by atoms with Crippen molar-refractivity contribution in [2.24, 2.45) is 0 Å². The van der Waals surface area contributed by atoms with Crippen molar-refractivity contribution >= 4 is 11.6 Å². The molecule has 0 aliphatic heterocycles. The molecule has 3 aromatic rings. The molecule has 7 heteroatoms. The molecule has 0 fully saturated rings. The standard InChI is InChI=1S/C17H12F3N3O/c18-17(19,20)13-7-2-1-6-12(13)16(24)22-14-8-3-4-9-15(14)23-11-5-10-21-23/h1-11H,(H,22,24). The molecule has 0 bridgehead atoms. The van der Waals surface area contributed by atoms with Crippen molar-refractivity contribution in [2.75, 3.05) is 5.32 Å². The molecule has 0 spiro atoms. The van der Waals surface area contributed by atoms with E-state index in [4.69, 9.17) is 0 Å². The zero-order valence-corrected chi connectivity index (χ0v) is 12.3. The number of carbonyl (C=O) groups is 1. The lowest BCUT2D eigenvalue weighted by atomic mass is 10.1. The van der Waals surface area contributed by atoms with Crippen LogP contribution in [-0.4, -0.2) is 15.7 Å². The molecule has 3 rings (SSSR count). The molecule has 0 atom stereocenters. The zero-order chi connectivity index (χ0) is 17.2. The monoisotopic (exact) mass is 331 g/mol. The van der Waals surface area contributed by atoms with Gasteiger partial charge in [0.15, 0.2) is 0 Å². The summed E-state index contributed by atoms with van der Waals surface area (Å²) in [6, 6.07) is 13.1. The SMILES string of the molecule is O=C(Nc1ccccc1-n1cccn1)c1ccccc1C(F)(F)F. The van der Waals surface area contributed by atoms with Crippen LogP contribution in [0, 0.1) is 0 Å². The highest BCUT2D eigenvalue weighted by molar-refractivity contribution is 6.06. The van der Waals surface area contributed by atoms with Crippen LogP contribution in [-0.2, 0) is 6.18 Å². The van der Waals surface area contributed by atoms with E-state index in [2.05, 4.69) is 10.4 Å². The van der Waals surface area contributed by atoms with Gasteiger partial charge in [0.1, 0.15) is 0 Å². The van der Waals surface area contributed by atoms with Crippen LogP contribution in [0.1, 0.15) is 15.9 Å². The third kappa shape index (κ3) is 3.15. The van der Waals surface area contributed by atoms with E-state index in [1.165, 1.54) is 16.8 Å². The first-order chi connectivity index (χ1) is 11.5. The lowest BCUT2D eigenvalue weighted by molar-refractivity contribution is -0.137. The number of hydrogen-bond donors (Lipinski definition) is 1. The van der Waals surface area contributed by atoms with Crippen molar-refractivity contribution in [1.29, 1.82) is 0 Å². The number of anilines is 1. The largest absolute Gasteiger partial charge is 0.417 e. The quantitative estimate of drug-likeness (QED) is 0.784. The number of rotatable bonds is 3. The summed E-state index contributed by atoms with van der Waals surface area (Å²) >= 11 is 0. The Bertz CT molecular complexity index is 858. The van der Waals surface area contributed by atoms with Crippen LogP contribution in [0.25, 0.3) is 5.69 Å². The van der Waals surface area contributed by atoms with Crippen molar-refractivity contribution in [3.05, 3.63) is 78.1 Å². The Kier molecular flexibility index (Phi) is 4.07. The predicted octanol–water partition coefficient (Wildman–Crippen LogP) is 4.14. The molecule has 1 N–H and O–H groups in total. The average molecular weight is 331 g/mol. The number of carbonyl (C=O) groups excluding carboxylic acids is 1. The van der Waals surface area contributed by atoms with E-state index in [1.807, 2.05) is 0 Å². The fourth-order valence-electron chi connectivity index (χ4n) is 2.31. The normalized spacial score (nSPS) is 11.3. The zero-order valence-electron chi connectivity index (χ0n) is 12.3. The predicted molar refractivity (Wildman–Crippen MR) is 83.0 cm³/mol. The molecule has 0 radical (unpaired) electrons. The first-order valence-electron chi connectivity index (χ1n) is 7.03. The Morgan fingerprint density at radius 2 is 1.71 bits per heavy atom. The summed E-state index contributed by atoms with van der Waals surface area (Å²) in [5.74, 6) is -0.831. The first-order valence-corrected chi connectivity index (χ1v) is 7.03. The second-order valence-electron chi connectivity index (χ2n) is 4.97. The van der Waals surface area contributed by atoms with E-state index in [-0.39, 0.29) is 0 Å². The Morgan fingerprint density at radius 3 is 2.42 bits per heavy atom. The molecule has 0 unspecified atom stereocenters. The Labute approximate surface area is 135 Å². The molecule has 4 nitrogen and oxygen atoms in total. The first kappa shape index (κ1) is 15.8. The smallest absolute Gasteiger partial charge is 0.320 e. The number of hydrogen-bond acceptors (Lipinski definition) is 2. The van der Waals surface area contributed by atoms with Crippen molar-refractivity contribution in [2.45, 2.75) is 6.18 Å².